The minimum atomic E-state index is 0.200. The van der Waals surface area contributed by atoms with Gasteiger partial charge in [-0.15, -0.1) is 0 Å². The predicted molar refractivity (Wildman–Crippen MR) is 153 cm³/mol. The van der Waals surface area contributed by atoms with E-state index in [2.05, 4.69) is 88.3 Å². The summed E-state index contributed by atoms with van der Waals surface area (Å²) in [6.07, 6.45) is 6.09. The molecule has 5 aromatic carbocycles. The van der Waals surface area contributed by atoms with Crippen LogP contribution in [0.5, 0.6) is 11.5 Å². The molecule has 0 unspecified atom stereocenters. The Hall–Kier alpha value is -5.09. The number of fused-ring (bicyclic) bond motifs is 3. The van der Waals surface area contributed by atoms with Crippen molar-refractivity contribution in [2.24, 2.45) is 0 Å². The number of hydrogen-bond donors (Lipinski definition) is 2. The first kappa shape index (κ1) is 22.4. The summed E-state index contributed by atoms with van der Waals surface area (Å²) in [5, 5.41) is 20.0. The zero-order valence-corrected chi connectivity index (χ0v) is 20.1. The zero-order chi connectivity index (χ0) is 25.2. The first-order chi connectivity index (χ1) is 18.2. The Balaban J connectivity index is 1.31. The Kier molecular flexibility index (Phi) is 5.75. The minimum Gasteiger partial charge on any atom is -0.508 e. The van der Waals surface area contributed by atoms with Crippen molar-refractivity contribution in [3.8, 4) is 22.6 Å². The molecule has 5 aromatic rings. The fourth-order valence-electron chi connectivity index (χ4n) is 4.77. The Labute approximate surface area is 216 Å². The number of aromatic hydroxyl groups is 2. The maximum atomic E-state index is 10.0. The molecule has 4 heteroatoms. The van der Waals surface area contributed by atoms with Gasteiger partial charge >= 0.3 is 0 Å². The van der Waals surface area contributed by atoms with Gasteiger partial charge in [-0.1, -0.05) is 48.5 Å². The molecular formula is C33H25N2O2+. The van der Waals surface area contributed by atoms with E-state index in [1.165, 1.54) is 0 Å². The highest BCUT2D eigenvalue weighted by molar-refractivity contribution is 5.98. The number of benzene rings is 5. The molecule has 0 aromatic heterocycles. The van der Waals surface area contributed by atoms with Crippen LogP contribution in [0.2, 0.25) is 0 Å². The van der Waals surface area contributed by atoms with Gasteiger partial charge < -0.3 is 15.1 Å². The second kappa shape index (κ2) is 9.51. The Morgan fingerprint density at radius 2 is 1.03 bits per heavy atom. The van der Waals surface area contributed by atoms with Crippen LogP contribution >= 0.6 is 0 Å². The van der Waals surface area contributed by atoms with Gasteiger partial charge in [0.15, 0.2) is 6.21 Å². The third-order valence-electron chi connectivity index (χ3n) is 6.47. The fourth-order valence-corrected chi connectivity index (χ4v) is 4.77. The van der Waals surface area contributed by atoms with Gasteiger partial charge in [0.1, 0.15) is 11.5 Å². The van der Waals surface area contributed by atoms with Gasteiger partial charge in [-0.3, -0.25) is 0 Å². The number of anilines is 3. The van der Waals surface area contributed by atoms with Crippen LogP contribution in [0.15, 0.2) is 127 Å². The molecule has 1 heterocycles. The van der Waals surface area contributed by atoms with Gasteiger partial charge in [-0.05, 0) is 72.3 Å². The molecule has 1 aliphatic heterocycles. The number of rotatable bonds is 5. The lowest BCUT2D eigenvalue weighted by molar-refractivity contribution is 0.474. The van der Waals surface area contributed by atoms with Crippen molar-refractivity contribution in [2.45, 2.75) is 0 Å². The highest BCUT2D eigenvalue weighted by Gasteiger charge is 2.31. The molecule has 0 amide bonds. The summed E-state index contributed by atoms with van der Waals surface area (Å²) in [6, 6.07) is 39.8. The van der Waals surface area contributed by atoms with Crippen molar-refractivity contribution in [2.75, 3.05) is 4.90 Å². The molecule has 0 saturated heterocycles. The SMILES string of the molecule is Oc1ccc2c(c1)-c1cc(O)ccc1[N+]2=CC=Cc1ccc(N(c2ccccc2)c2ccccc2)cc1. The maximum absolute atomic E-state index is 10.0. The molecule has 0 saturated carbocycles. The quantitative estimate of drug-likeness (QED) is 0.244. The third kappa shape index (κ3) is 4.37. The van der Waals surface area contributed by atoms with E-state index in [4.69, 9.17) is 0 Å². The van der Waals surface area contributed by atoms with Crippen LogP contribution in [-0.2, 0) is 0 Å². The van der Waals surface area contributed by atoms with E-state index in [1.807, 2.05) is 36.6 Å². The maximum Gasteiger partial charge on any atom is 0.219 e. The van der Waals surface area contributed by atoms with Gasteiger partial charge in [0.25, 0.3) is 0 Å². The average molecular weight is 482 g/mol. The number of para-hydroxylation sites is 2. The van der Waals surface area contributed by atoms with E-state index in [-0.39, 0.29) is 11.5 Å². The molecule has 6 rings (SSSR count). The second-order valence-corrected chi connectivity index (χ2v) is 8.88. The van der Waals surface area contributed by atoms with Gasteiger partial charge in [-0.25, -0.2) is 0 Å². The number of hydrogen-bond acceptors (Lipinski definition) is 3. The molecule has 0 atom stereocenters. The lowest BCUT2D eigenvalue weighted by Gasteiger charge is -2.25. The van der Waals surface area contributed by atoms with Crippen LogP contribution in [0, 0.1) is 0 Å². The predicted octanol–water partition coefficient (Wildman–Crippen LogP) is 8.17. The molecule has 4 nitrogen and oxygen atoms in total. The van der Waals surface area contributed by atoms with E-state index < -0.39 is 0 Å². The molecule has 37 heavy (non-hydrogen) atoms. The van der Waals surface area contributed by atoms with Crippen molar-refractivity contribution in [3.63, 3.8) is 0 Å². The highest BCUT2D eigenvalue weighted by Crippen LogP contribution is 2.47. The van der Waals surface area contributed by atoms with Gasteiger partial charge in [0.2, 0.25) is 11.4 Å². The van der Waals surface area contributed by atoms with E-state index in [9.17, 15) is 10.2 Å². The number of phenolic OH excluding ortho intramolecular Hbond substituents is 2. The standard InChI is InChI=1S/C33H24N2O2/c36-28-17-19-32-30(22-28)31-23-29(37)18-20-33(31)34(32)21-7-8-24-13-15-27(16-14-24)35(25-9-3-1-4-10-25)26-11-5-2-6-12-26/h1-23H,(H-,36,37)/p+1. The first-order valence-electron chi connectivity index (χ1n) is 12.1. The van der Waals surface area contributed by atoms with Crippen molar-refractivity contribution in [1.82, 2.24) is 4.58 Å². The van der Waals surface area contributed by atoms with Gasteiger partial charge in [0, 0.05) is 35.3 Å². The summed E-state index contributed by atoms with van der Waals surface area (Å²) in [5.41, 5.74) is 8.07. The average Bonchev–Trinajstić information content (AvgIpc) is 3.23. The van der Waals surface area contributed by atoms with E-state index >= 15 is 0 Å². The fraction of sp³-hybridized carbons (Fsp3) is 0. The number of phenols is 2. The van der Waals surface area contributed by atoms with Crippen molar-refractivity contribution < 1.29 is 10.2 Å². The van der Waals surface area contributed by atoms with Crippen molar-refractivity contribution >= 4 is 40.7 Å². The van der Waals surface area contributed by atoms with Crippen LogP contribution in [0.1, 0.15) is 5.56 Å². The number of nitrogens with zero attached hydrogens (tertiary/aromatic N) is 2. The monoisotopic (exact) mass is 481 g/mol. The third-order valence-corrected chi connectivity index (χ3v) is 6.47. The topological polar surface area (TPSA) is 46.7 Å². The Morgan fingerprint density at radius 3 is 1.54 bits per heavy atom. The summed E-state index contributed by atoms with van der Waals surface area (Å²) in [6.45, 7) is 0. The van der Waals surface area contributed by atoms with Gasteiger partial charge in [-0.2, -0.15) is 4.58 Å². The second-order valence-electron chi connectivity index (χ2n) is 8.88. The highest BCUT2D eigenvalue weighted by atomic mass is 16.3. The minimum absolute atomic E-state index is 0.200. The molecule has 0 spiro atoms. The smallest absolute Gasteiger partial charge is 0.219 e. The number of allylic oxidation sites excluding steroid dienone is 1. The van der Waals surface area contributed by atoms with Crippen LogP contribution in [0.25, 0.3) is 17.2 Å². The van der Waals surface area contributed by atoms with Crippen molar-refractivity contribution in [1.29, 1.82) is 0 Å². The lowest BCUT2D eigenvalue weighted by Crippen LogP contribution is -2.09. The Bertz CT molecular complexity index is 1530. The largest absolute Gasteiger partial charge is 0.508 e. The summed E-state index contributed by atoms with van der Waals surface area (Å²) in [7, 11) is 0. The van der Waals surface area contributed by atoms with Crippen LogP contribution in [0.4, 0.5) is 28.4 Å². The summed E-state index contributed by atoms with van der Waals surface area (Å²) in [4.78, 5) is 2.24. The van der Waals surface area contributed by atoms with Crippen LogP contribution in [0.3, 0.4) is 0 Å². The van der Waals surface area contributed by atoms with Crippen LogP contribution in [-0.4, -0.2) is 16.4 Å². The molecule has 0 bridgehead atoms. The molecule has 2 N–H and O–H groups in total. The molecule has 0 aliphatic carbocycles. The van der Waals surface area contributed by atoms with Crippen molar-refractivity contribution in [3.05, 3.63) is 133 Å². The van der Waals surface area contributed by atoms with E-state index in [0.29, 0.717) is 0 Å². The normalized spacial score (nSPS) is 11.8. The molecule has 178 valence electrons. The van der Waals surface area contributed by atoms with Crippen LogP contribution < -0.4 is 9.48 Å². The molecule has 0 fully saturated rings. The van der Waals surface area contributed by atoms with Gasteiger partial charge in [0.05, 0.1) is 11.1 Å². The van der Waals surface area contributed by atoms with E-state index in [1.54, 1.807) is 24.3 Å². The summed E-state index contributed by atoms with van der Waals surface area (Å²) < 4.78 is 2.07. The molecule has 1 aliphatic rings. The first-order valence-corrected chi connectivity index (χ1v) is 12.1. The summed E-state index contributed by atoms with van der Waals surface area (Å²) in [5.74, 6) is 0.399. The summed E-state index contributed by atoms with van der Waals surface area (Å²) >= 11 is 0. The zero-order valence-electron chi connectivity index (χ0n) is 20.1. The van der Waals surface area contributed by atoms with E-state index in [0.717, 1.165) is 45.1 Å². The lowest BCUT2D eigenvalue weighted by atomic mass is 10.1. The Morgan fingerprint density at radius 1 is 0.541 bits per heavy atom. The molecule has 0 radical (unpaired) electrons. The molecular weight excluding hydrogens is 456 g/mol.